The molecule has 1 atom stereocenters. The highest BCUT2D eigenvalue weighted by Crippen LogP contribution is 2.28. The Labute approximate surface area is 188 Å². The van der Waals surface area contributed by atoms with E-state index in [1.54, 1.807) is 24.2 Å². The summed E-state index contributed by atoms with van der Waals surface area (Å²) in [5, 5.41) is 4.43. The fourth-order valence-electron chi connectivity index (χ4n) is 4.38. The maximum atomic E-state index is 13.1. The quantitative estimate of drug-likeness (QED) is 0.594. The number of benzene rings is 1. The van der Waals surface area contributed by atoms with E-state index in [1.165, 1.54) is 6.42 Å². The van der Waals surface area contributed by atoms with E-state index in [0.717, 1.165) is 48.8 Å². The second kappa shape index (κ2) is 9.48. The molecule has 8 nitrogen and oxygen atoms in total. The summed E-state index contributed by atoms with van der Waals surface area (Å²) in [6, 6.07) is 9.54. The predicted molar refractivity (Wildman–Crippen MR) is 123 cm³/mol. The second-order valence-electron chi connectivity index (χ2n) is 8.45. The lowest BCUT2D eigenvalue weighted by molar-refractivity contribution is 0.0740. The Hall–Kier alpha value is -3.26. The fourth-order valence-corrected chi connectivity index (χ4v) is 4.38. The normalized spacial score (nSPS) is 16.7. The number of hydrogen-bond donors (Lipinski definition) is 0. The number of rotatable bonds is 6. The van der Waals surface area contributed by atoms with E-state index >= 15 is 0 Å². The van der Waals surface area contributed by atoms with E-state index in [4.69, 9.17) is 4.74 Å². The van der Waals surface area contributed by atoms with Crippen molar-refractivity contribution >= 4 is 5.91 Å². The van der Waals surface area contributed by atoms with E-state index < -0.39 is 0 Å². The smallest absolute Gasteiger partial charge is 0.257 e. The Morgan fingerprint density at radius 1 is 1.28 bits per heavy atom. The van der Waals surface area contributed by atoms with Gasteiger partial charge in [0.25, 0.3) is 11.9 Å². The van der Waals surface area contributed by atoms with Gasteiger partial charge in [-0.1, -0.05) is 12.1 Å². The monoisotopic (exact) mass is 434 g/mol. The summed E-state index contributed by atoms with van der Waals surface area (Å²) in [5.74, 6) is 1.63. The third-order valence-corrected chi connectivity index (χ3v) is 6.06. The van der Waals surface area contributed by atoms with Crippen molar-refractivity contribution in [2.75, 3.05) is 40.8 Å². The third kappa shape index (κ3) is 4.50. The summed E-state index contributed by atoms with van der Waals surface area (Å²) in [6.45, 7) is 4.78. The largest absolute Gasteiger partial charge is 0.496 e. The topological polar surface area (TPSA) is 76.4 Å². The van der Waals surface area contributed by atoms with Gasteiger partial charge in [0.05, 0.1) is 30.3 Å². The Kier molecular flexibility index (Phi) is 6.50. The van der Waals surface area contributed by atoms with Crippen molar-refractivity contribution in [3.8, 4) is 23.0 Å². The number of para-hydroxylation sites is 1. The molecule has 3 heterocycles. The van der Waals surface area contributed by atoms with Crippen molar-refractivity contribution in [2.45, 2.75) is 19.8 Å². The molecule has 168 valence electrons. The number of carbonyl (C=O) groups excluding carboxylic acids is 1. The lowest BCUT2D eigenvalue weighted by atomic mass is 9.98. The van der Waals surface area contributed by atoms with Crippen LogP contribution in [0.15, 0.2) is 42.7 Å². The third-order valence-electron chi connectivity index (χ3n) is 6.06. The van der Waals surface area contributed by atoms with E-state index in [2.05, 4.69) is 27.0 Å². The number of hydrogen-bond acceptors (Lipinski definition) is 6. The van der Waals surface area contributed by atoms with Crippen LogP contribution < -0.4 is 4.74 Å². The van der Waals surface area contributed by atoms with Crippen LogP contribution in [-0.2, 0) is 0 Å². The predicted octanol–water partition coefficient (Wildman–Crippen LogP) is 3.06. The molecule has 1 aliphatic rings. The molecule has 8 heteroatoms. The zero-order chi connectivity index (χ0) is 22.7. The number of aromatic nitrogens is 4. The van der Waals surface area contributed by atoms with Gasteiger partial charge in [0.15, 0.2) is 0 Å². The molecular formula is C24H30N6O2. The highest BCUT2D eigenvalue weighted by atomic mass is 16.5. The van der Waals surface area contributed by atoms with Gasteiger partial charge in [-0.3, -0.25) is 4.79 Å². The first kappa shape index (κ1) is 22.0. The molecule has 1 saturated heterocycles. The molecule has 32 heavy (non-hydrogen) atoms. The Balaban J connectivity index is 1.56. The van der Waals surface area contributed by atoms with Crippen LogP contribution in [-0.4, -0.2) is 76.3 Å². The standard InChI is InChI=1S/C24H30N6O2/c1-17-20(23(31)29(3)16-18-8-7-13-28(2)15-18)14-26-30(17)24-25-12-11-21(27-24)19-9-5-6-10-22(19)32-4/h5-6,9-12,14,18H,7-8,13,15-16H2,1-4H3. The number of nitrogens with zero attached hydrogens (tertiary/aromatic N) is 6. The van der Waals surface area contributed by atoms with Crippen LogP contribution in [0.3, 0.4) is 0 Å². The molecule has 0 aliphatic carbocycles. The summed E-state index contributed by atoms with van der Waals surface area (Å²) in [7, 11) is 5.64. The molecule has 0 spiro atoms. The van der Waals surface area contributed by atoms with Gasteiger partial charge in [0.2, 0.25) is 0 Å². The van der Waals surface area contributed by atoms with Gasteiger partial charge in [-0.15, -0.1) is 0 Å². The summed E-state index contributed by atoms with van der Waals surface area (Å²) >= 11 is 0. The van der Waals surface area contributed by atoms with Crippen LogP contribution in [0, 0.1) is 12.8 Å². The average Bonchev–Trinajstić information content (AvgIpc) is 3.19. The maximum Gasteiger partial charge on any atom is 0.257 e. The molecular weight excluding hydrogens is 404 g/mol. The number of likely N-dealkylation sites (tertiary alicyclic amines) is 1. The number of amides is 1. The Bertz CT molecular complexity index is 1100. The van der Waals surface area contributed by atoms with Crippen molar-refractivity contribution < 1.29 is 9.53 Å². The number of ether oxygens (including phenoxy) is 1. The van der Waals surface area contributed by atoms with Gasteiger partial charge in [-0.25, -0.2) is 14.6 Å². The van der Waals surface area contributed by atoms with E-state index in [0.29, 0.717) is 17.4 Å². The van der Waals surface area contributed by atoms with E-state index in [1.807, 2.05) is 49.2 Å². The molecule has 2 aromatic heterocycles. The Morgan fingerprint density at radius 3 is 2.88 bits per heavy atom. The molecule has 1 aromatic carbocycles. The highest BCUT2D eigenvalue weighted by molar-refractivity contribution is 5.95. The van der Waals surface area contributed by atoms with E-state index in [9.17, 15) is 4.79 Å². The molecule has 1 fully saturated rings. The van der Waals surface area contributed by atoms with Crippen molar-refractivity contribution in [2.24, 2.45) is 5.92 Å². The van der Waals surface area contributed by atoms with Gasteiger partial charge < -0.3 is 14.5 Å². The molecule has 3 aromatic rings. The minimum absolute atomic E-state index is 0.0251. The van der Waals surface area contributed by atoms with Crippen molar-refractivity contribution in [3.05, 3.63) is 54.0 Å². The molecule has 4 rings (SSSR count). The SMILES string of the molecule is COc1ccccc1-c1ccnc(-n2ncc(C(=O)N(C)CC3CCCN(C)C3)c2C)n1. The lowest BCUT2D eigenvalue weighted by Gasteiger charge is -2.32. The number of piperidine rings is 1. The molecule has 0 radical (unpaired) electrons. The fraction of sp³-hybridized carbons (Fsp3) is 0.417. The van der Waals surface area contributed by atoms with Crippen molar-refractivity contribution in [1.82, 2.24) is 29.5 Å². The molecule has 0 bridgehead atoms. The number of carbonyl (C=O) groups is 1. The minimum atomic E-state index is -0.0251. The highest BCUT2D eigenvalue weighted by Gasteiger charge is 2.24. The van der Waals surface area contributed by atoms with Crippen LogP contribution in [0.1, 0.15) is 28.9 Å². The average molecular weight is 435 g/mol. The van der Waals surface area contributed by atoms with Gasteiger partial charge >= 0.3 is 0 Å². The van der Waals surface area contributed by atoms with Crippen LogP contribution in [0.5, 0.6) is 5.75 Å². The summed E-state index contributed by atoms with van der Waals surface area (Å²) in [5.41, 5.74) is 2.90. The van der Waals surface area contributed by atoms with Gasteiger partial charge in [0, 0.05) is 31.9 Å². The zero-order valence-corrected chi connectivity index (χ0v) is 19.2. The van der Waals surface area contributed by atoms with Crippen molar-refractivity contribution in [3.63, 3.8) is 0 Å². The molecule has 1 aliphatic heterocycles. The number of methoxy groups -OCH3 is 1. The van der Waals surface area contributed by atoms with Gasteiger partial charge in [0.1, 0.15) is 5.75 Å². The van der Waals surface area contributed by atoms with Gasteiger partial charge in [-0.05, 0) is 57.5 Å². The Morgan fingerprint density at radius 2 is 2.09 bits per heavy atom. The lowest BCUT2D eigenvalue weighted by Crippen LogP contribution is -2.40. The van der Waals surface area contributed by atoms with Crippen molar-refractivity contribution in [1.29, 1.82) is 0 Å². The van der Waals surface area contributed by atoms with Crippen LogP contribution >= 0.6 is 0 Å². The summed E-state index contributed by atoms with van der Waals surface area (Å²) in [4.78, 5) is 26.4. The molecule has 0 N–H and O–H groups in total. The first-order chi connectivity index (χ1) is 15.5. The van der Waals surface area contributed by atoms with Gasteiger partial charge in [-0.2, -0.15) is 5.10 Å². The molecule has 1 amide bonds. The van der Waals surface area contributed by atoms with Crippen LogP contribution in [0.4, 0.5) is 0 Å². The van der Waals surface area contributed by atoms with Crippen LogP contribution in [0.2, 0.25) is 0 Å². The van der Waals surface area contributed by atoms with Crippen LogP contribution in [0.25, 0.3) is 17.2 Å². The zero-order valence-electron chi connectivity index (χ0n) is 19.2. The summed E-state index contributed by atoms with van der Waals surface area (Å²) in [6.07, 6.45) is 5.64. The second-order valence-corrected chi connectivity index (χ2v) is 8.45. The minimum Gasteiger partial charge on any atom is -0.496 e. The first-order valence-corrected chi connectivity index (χ1v) is 10.9. The molecule has 0 saturated carbocycles. The first-order valence-electron chi connectivity index (χ1n) is 10.9. The molecule has 1 unspecified atom stereocenters. The maximum absolute atomic E-state index is 13.1. The summed E-state index contributed by atoms with van der Waals surface area (Å²) < 4.78 is 7.08. The van der Waals surface area contributed by atoms with E-state index in [-0.39, 0.29) is 5.91 Å².